The van der Waals surface area contributed by atoms with E-state index in [-0.39, 0.29) is 28.4 Å². The topological polar surface area (TPSA) is 85.6 Å². The second-order valence-electron chi connectivity index (χ2n) is 4.88. The highest BCUT2D eigenvalue weighted by Gasteiger charge is 2.24. The van der Waals surface area contributed by atoms with Gasteiger partial charge in [0.05, 0.1) is 30.5 Å². The Morgan fingerprint density at radius 1 is 1.33 bits per heavy atom. The van der Waals surface area contributed by atoms with Crippen LogP contribution in [-0.4, -0.2) is 39.3 Å². The Kier molecular flexibility index (Phi) is 5.14. The number of halogens is 1. The van der Waals surface area contributed by atoms with Crippen molar-refractivity contribution in [3.05, 3.63) is 16.7 Å². The van der Waals surface area contributed by atoms with E-state index >= 15 is 0 Å². The summed E-state index contributed by atoms with van der Waals surface area (Å²) < 4.78 is 10.5. The molecule has 6 nitrogen and oxygen atoms in total. The molecule has 116 valence electrons. The Hall–Kier alpha value is -1.66. The highest BCUT2D eigenvalue weighted by Crippen LogP contribution is 2.41. The highest BCUT2D eigenvalue weighted by molar-refractivity contribution is 6.34. The van der Waals surface area contributed by atoms with Crippen LogP contribution in [0.5, 0.6) is 11.5 Å². The first-order valence-electron chi connectivity index (χ1n) is 6.80. The molecule has 1 aliphatic heterocycles. The van der Waals surface area contributed by atoms with Crippen LogP contribution in [0.4, 0.5) is 5.69 Å². The van der Waals surface area contributed by atoms with Gasteiger partial charge in [0.1, 0.15) is 0 Å². The molecule has 7 heteroatoms. The quantitative estimate of drug-likeness (QED) is 0.732. The molecule has 21 heavy (non-hydrogen) atoms. The van der Waals surface area contributed by atoms with Crippen molar-refractivity contribution in [3.63, 3.8) is 0 Å². The number of nitrogens with one attached hydrogen (secondary N) is 2. The zero-order valence-corrected chi connectivity index (χ0v) is 12.9. The van der Waals surface area contributed by atoms with Crippen LogP contribution in [0.1, 0.15) is 23.2 Å². The van der Waals surface area contributed by atoms with Crippen LogP contribution in [0.2, 0.25) is 5.02 Å². The molecular formula is C14H20ClN3O3. The molecule has 1 amide bonds. The van der Waals surface area contributed by atoms with Gasteiger partial charge in [-0.1, -0.05) is 11.6 Å². The molecule has 0 aromatic heterocycles. The molecule has 0 saturated carbocycles. The lowest BCUT2D eigenvalue weighted by Crippen LogP contribution is -2.42. The lowest BCUT2D eigenvalue weighted by Gasteiger charge is -2.24. The first-order valence-corrected chi connectivity index (χ1v) is 7.17. The fourth-order valence-electron chi connectivity index (χ4n) is 2.43. The third-order valence-corrected chi connectivity index (χ3v) is 3.86. The van der Waals surface area contributed by atoms with Crippen molar-refractivity contribution in [2.45, 2.75) is 18.9 Å². The third kappa shape index (κ3) is 3.33. The summed E-state index contributed by atoms with van der Waals surface area (Å²) in [6, 6.07) is 1.65. The summed E-state index contributed by atoms with van der Waals surface area (Å²) in [5.41, 5.74) is 6.43. The Labute approximate surface area is 128 Å². The molecule has 1 aromatic rings. The predicted molar refractivity (Wildman–Crippen MR) is 82.3 cm³/mol. The monoisotopic (exact) mass is 313 g/mol. The van der Waals surface area contributed by atoms with Crippen LogP contribution in [0.3, 0.4) is 0 Å². The van der Waals surface area contributed by atoms with Gasteiger partial charge in [-0.2, -0.15) is 0 Å². The number of amides is 1. The van der Waals surface area contributed by atoms with E-state index in [0.29, 0.717) is 11.3 Å². The van der Waals surface area contributed by atoms with Crippen molar-refractivity contribution in [3.8, 4) is 11.5 Å². The van der Waals surface area contributed by atoms with Crippen molar-refractivity contribution in [1.82, 2.24) is 10.6 Å². The number of hydrogen-bond donors (Lipinski definition) is 3. The minimum atomic E-state index is -0.237. The number of hydrogen-bond acceptors (Lipinski definition) is 5. The fourth-order valence-corrected chi connectivity index (χ4v) is 2.62. The van der Waals surface area contributed by atoms with Crippen LogP contribution in [-0.2, 0) is 0 Å². The first kappa shape index (κ1) is 15.7. The van der Waals surface area contributed by atoms with E-state index in [1.807, 2.05) is 0 Å². The molecule has 0 unspecified atom stereocenters. The summed E-state index contributed by atoms with van der Waals surface area (Å²) in [5, 5.41) is 6.51. The summed E-state index contributed by atoms with van der Waals surface area (Å²) >= 11 is 6.06. The lowest BCUT2D eigenvalue weighted by molar-refractivity contribution is 0.0926. The van der Waals surface area contributed by atoms with Crippen molar-refractivity contribution < 1.29 is 14.3 Å². The SMILES string of the molecule is COc1c(C(=O)NC2CCNCC2)cc(Cl)c(N)c1OC. The van der Waals surface area contributed by atoms with Gasteiger partial charge in [-0.3, -0.25) is 4.79 Å². The largest absolute Gasteiger partial charge is 0.492 e. The van der Waals surface area contributed by atoms with E-state index in [9.17, 15) is 4.79 Å². The molecule has 0 atom stereocenters. The summed E-state index contributed by atoms with van der Waals surface area (Å²) in [6.45, 7) is 1.79. The van der Waals surface area contributed by atoms with Crippen molar-refractivity contribution in [1.29, 1.82) is 0 Å². The Balaban J connectivity index is 2.29. The van der Waals surface area contributed by atoms with Gasteiger partial charge in [0.15, 0.2) is 11.5 Å². The molecule has 0 bridgehead atoms. The van der Waals surface area contributed by atoms with E-state index in [2.05, 4.69) is 10.6 Å². The molecule has 2 rings (SSSR count). The van der Waals surface area contributed by atoms with Crippen LogP contribution in [0.25, 0.3) is 0 Å². The number of carbonyl (C=O) groups is 1. The number of ether oxygens (including phenoxy) is 2. The second kappa shape index (κ2) is 6.87. The number of rotatable bonds is 4. The Morgan fingerprint density at radius 3 is 2.52 bits per heavy atom. The number of methoxy groups -OCH3 is 2. The number of nitrogens with two attached hydrogens (primary N) is 1. The van der Waals surface area contributed by atoms with Crippen LogP contribution in [0.15, 0.2) is 6.07 Å². The third-order valence-electron chi connectivity index (χ3n) is 3.55. The smallest absolute Gasteiger partial charge is 0.255 e. The normalized spacial score (nSPS) is 15.6. The molecule has 1 aromatic carbocycles. The molecule has 4 N–H and O–H groups in total. The van der Waals surface area contributed by atoms with E-state index in [1.165, 1.54) is 20.3 Å². The first-order chi connectivity index (χ1) is 10.1. The number of carbonyl (C=O) groups excluding carboxylic acids is 1. The Bertz CT molecular complexity index is 531. The van der Waals surface area contributed by atoms with E-state index in [4.69, 9.17) is 26.8 Å². The van der Waals surface area contributed by atoms with E-state index in [0.717, 1.165) is 25.9 Å². The lowest BCUT2D eigenvalue weighted by atomic mass is 10.1. The zero-order chi connectivity index (χ0) is 15.4. The van der Waals surface area contributed by atoms with Gasteiger partial charge in [-0.25, -0.2) is 0 Å². The minimum Gasteiger partial charge on any atom is -0.492 e. The van der Waals surface area contributed by atoms with Gasteiger partial charge in [-0.15, -0.1) is 0 Å². The molecule has 1 heterocycles. The van der Waals surface area contributed by atoms with Crippen molar-refractivity contribution in [2.75, 3.05) is 33.0 Å². The van der Waals surface area contributed by atoms with E-state index in [1.54, 1.807) is 0 Å². The van der Waals surface area contributed by atoms with Gasteiger partial charge >= 0.3 is 0 Å². The second-order valence-corrected chi connectivity index (χ2v) is 5.29. The van der Waals surface area contributed by atoms with Gasteiger partial charge in [-0.05, 0) is 32.0 Å². The van der Waals surface area contributed by atoms with Gasteiger partial charge in [0, 0.05) is 6.04 Å². The van der Waals surface area contributed by atoms with Crippen LogP contribution in [0, 0.1) is 0 Å². The average molecular weight is 314 g/mol. The predicted octanol–water partition coefficient (Wildman–Crippen LogP) is 1.42. The van der Waals surface area contributed by atoms with E-state index < -0.39 is 0 Å². The maximum Gasteiger partial charge on any atom is 0.255 e. The summed E-state index contributed by atoms with van der Waals surface area (Å²) in [7, 11) is 2.92. The molecular weight excluding hydrogens is 294 g/mol. The van der Waals surface area contributed by atoms with Crippen molar-refractivity contribution >= 4 is 23.2 Å². The van der Waals surface area contributed by atoms with Gasteiger partial charge in [0.2, 0.25) is 0 Å². The summed E-state index contributed by atoms with van der Waals surface area (Å²) in [6.07, 6.45) is 1.79. The van der Waals surface area contributed by atoms with Gasteiger partial charge < -0.3 is 25.8 Å². The molecule has 1 saturated heterocycles. The molecule has 0 spiro atoms. The highest BCUT2D eigenvalue weighted by atomic mass is 35.5. The molecule has 1 aliphatic rings. The van der Waals surface area contributed by atoms with Crippen molar-refractivity contribution in [2.24, 2.45) is 0 Å². The zero-order valence-electron chi connectivity index (χ0n) is 12.2. The average Bonchev–Trinajstić information content (AvgIpc) is 2.50. The number of anilines is 1. The number of nitrogen functional groups attached to an aromatic ring is 1. The Morgan fingerprint density at radius 2 is 1.95 bits per heavy atom. The summed E-state index contributed by atoms with van der Waals surface area (Å²) in [5.74, 6) is 0.338. The molecule has 0 radical (unpaired) electrons. The number of piperidine rings is 1. The fraction of sp³-hybridized carbons (Fsp3) is 0.500. The van der Waals surface area contributed by atoms with Crippen LogP contribution < -0.4 is 25.8 Å². The standard InChI is InChI=1S/C14H20ClN3O3/c1-20-12-9(7-10(15)11(16)13(12)21-2)14(19)18-8-3-5-17-6-4-8/h7-8,17H,3-6,16H2,1-2H3,(H,18,19). The molecule has 1 fully saturated rings. The van der Waals surface area contributed by atoms with Gasteiger partial charge in [0.25, 0.3) is 5.91 Å². The maximum absolute atomic E-state index is 12.5. The van der Waals surface area contributed by atoms with Crippen LogP contribution >= 0.6 is 11.6 Å². The molecule has 0 aliphatic carbocycles. The summed E-state index contributed by atoms with van der Waals surface area (Å²) in [4.78, 5) is 12.5. The minimum absolute atomic E-state index is 0.144. The number of benzene rings is 1. The maximum atomic E-state index is 12.5.